The van der Waals surface area contributed by atoms with E-state index in [0.717, 1.165) is 24.2 Å². The zero-order chi connectivity index (χ0) is 25.2. The summed E-state index contributed by atoms with van der Waals surface area (Å²) < 4.78 is 13.7. The second-order valence-electron chi connectivity index (χ2n) is 9.85. The van der Waals surface area contributed by atoms with E-state index < -0.39 is 23.5 Å². The number of halogens is 1. The molecule has 2 aromatic rings. The molecule has 3 rings (SSSR count). The smallest absolute Gasteiger partial charge is 0.295 e. The van der Waals surface area contributed by atoms with Crippen molar-refractivity contribution < 1.29 is 19.1 Å². The molecule has 1 aliphatic rings. The maximum Gasteiger partial charge on any atom is 0.295 e. The van der Waals surface area contributed by atoms with E-state index >= 15 is 0 Å². The molecule has 1 aliphatic heterocycles. The number of likely N-dealkylation sites (tertiary alicyclic amines) is 1. The van der Waals surface area contributed by atoms with E-state index in [9.17, 15) is 19.1 Å². The number of aliphatic hydroxyl groups excluding tert-OH is 1. The molecule has 1 unspecified atom stereocenters. The molecule has 1 N–H and O–H groups in total. The van der Waals surface area contributed by atoms with Gasteiger partial charge in [0.1, 0.15) is 11.6 Å². The summed E-state index contributed by atoms with van der Waals surface area (Å²) in [5.41, 5.74) is 2.82. The molecule has 1 heterocycles. The third-order valence-corrected chi connectivity index (χ3v) is 6.64. The Bertz CT molecular complexity index is 1100. The van der Waals surface area contributed by atoms with Gasteiger partial charge in [0, 0.05) is 18.7 Å². The molecule has 6 heteroatoms. The summed E-state index contributed by atoms with van der Waals surface area (Å²) in [4.78, 5) is 30.1. The Hall–Kier alpha value is -2.99. The Balaban J connectivity index is 2.17. The number of hydrogen-bond acceptors (Lipinski definition) is 4. The van der Waals surface area contributed by atoms with Crippen molar-refractivity contribution in [2.75, 3.05) is 26.2 Å². The minimum atomic E-state index is -0.783. The van der Waals surface area contributed by atoms with Crippen LogP contribution in [-0.2, 0) is 15.0 Å². The van der Waals surface area contributed by atoms with Gasteiger partial charge < -0.3 is 14.9 Å². The number of nitrogens with zero attached hydrogens (tertiary/aromatic N) is 2. The van der Waals surface area contributed by atoms with Crippen LogP contribution in [0.1, 0.15) is 62.9 Å². The third-order valence-electron chi connectivity index (χ3n) is 6.64. The van der Waals surface area contributed by atoms with Gasteiger partial charge >= 0.3 is 0 Å². The summed E-state index contributed by atoms with van der Waals surface area (Å²) in [5, 5.41) is 11.4. The van der Waals surface area contributed by atoms with Crippen LogP contribution in [0.25, 0.3) is 5.76 Å². The quantitative estimate of drug-likeness (QED) is 0.346. The second-order valence-corrected chi connectivity index (χ2v) is 9.85. The average molecular weight is 467 g/mol. The first kappa shape index (κ1) is 25.6. The number of carbonyl (C=O) groups is 2. The lowest BCUT2D eigenvalue weighted by atomic mass is 9.84. The Labute approximate surface area is 201 Å². The number of likely N-dealkylation sites (N-methyl/N-ethyl adjacent to an activating group) is 1. The van der Waals surface area contributed by atoms with Gasteiger partial charge in [-0.15, -0.1) is 0 Å². The second kappa shape index (κ2) is 10.1. The van der Waals surface area contributed by atoms with E-state index in [2.05, 4.69) is 25.7 Å². The van der Waals surface area contributed by atoms with Gasteiger partial charge in [-0.25, -0.2) is 4.39 Å². The van der Waals surface area contributed by atoms with Crippen LogP contribution in [0.15, 0.2) is 48.0 Å². The first-order chi connectivity index (χ1) is 16.0. The number of benzene rings is 2. The Morgan fingerprint density at radius 1 is 1.06 bits per heavy atom. The minimum absolute atomic E-state index is 0.0466. The van der Waals surface area contributed by atoms with Crippen LogP contribution in [0.4, 0.5) is 4.39 Å². The van der Waals surface area contributed by atoms with Crippen LogP contribution >= 0.6 is 0 Å². The standard InChI is InChI=1S/C28H35FN2O3/c1-7-30(8-2)15-16-31-24(19-10-13-21(29)14-11-19)23(26(33)27(31)34)25(32)22-17-20(28(4,5)6)12-9-18(22)3/h9-14,17,24,32H,7-8,15-16H2,1-6H3/b25-23+. The van der Waals surface area contributed by atoms with Crippen molar-refractivity contribution in [3.63, 3.8) is 0 Å². The molecule has 0 spiro atoms. The number of hydrogen-bond donors (Lipinski definition) is 1. The summed E-state index contributed by atoms with van der Waals surface area (Å²) in [6, 6.07) is 10.8. The van der Waals surface area contributed by atoms with Gasteiger partial charge in [0.2, 0.25) is 0 Å². The van der Waals surface area contributed by atoms with Crippen molar-refractivity contribution in [3.05, 3.63) is 76.1 Å². The van der Waals surface area contributed by atoms with Gasteiger partial charge in [-0.1, -0.05) is 58.9 Å². The monoisotopic (exact) mass is 466 g/mol. The van der Waals surface area contributed by atoms with E-state index in [1.165, 1.54) is 17.0 Å². The fourth-order valence-electron chi connectivity index (χ4n) is 4.38. The predicted octanol–water partition coefficient (Wildman–Crippen LogP) is 5.20. The molecule has 2 aromatic carbocycles. The van der Waals surface area contributed by atoms with Crippen LogP contribution in [-0.4, -0.2) is 52.8 Å². The lowest BCUT2D eigenvalue weighted by molar-refractivity contribution is -0.140. The van der Waals surface area contributed by atoms with Crippen molar-refractivity contribution in [3.8, 4) is 0 Å². The molecular weight excluding hydrogens is 431 g/mol. The largest absolute Gasteiger partial charge is 0.507 e. The number of rotatable bonds is 7. The number of Topliss-reactive ketones (excluding diaryl/α,β-unsaturated/α-hetero) is 1. The topological polar surface area (TPSA) is 60.9 Å². The zero-order valence-corrected chi connectivity index (χ0v) is 21.0. The van der Waals surface area contributed by atoms with Crippen LogP contribution in [0.5, 0.6) is 0 Å². The Kier molecular flexibility index (Phi) is 7.61. The Morgan fingerprint density at radius 3 is 2.24 bits per heavy atom. The highest BCUT2D eigenvalue weighted by Crippen LogP contribution is 2.40. The third kappa shape index (κ3) is 5.07. The van der Waals surface area contributed by atoms with Gasteiger partial charge in [0.05, 0.1) is 11.6 Å². The summed E-state index contributed by atoms with van der Waals surface area (Å²) >= 11 is 0. The lowest BCUT2D eigenvalue weighted by Crippen LogP contribution is -2.38. The molecule has 1 amide bonds. The van der Waals surface area contributed by atoms with Crippen molar-refractivity contribution in [2.24, 2.45) is 0 Å². The SMILES string of the molecule is CCN(CC)CCN1C(=O)C(=O)/C(=C(/O)c2cc(C(C)(C)C)ccc2C)C1c1ccc(F)cc1. The molecule has 0 radical (unpaired) electrons. The summed E-state index contributed by atoms with van der Waals surface area (Å²) in [6.45, 7) is 14.7. The fourth-order valence-corrected chi connectivity index (χ4v) is 4.38. The molecular formula is C28H35FN2O3. The normalized spacial score (nSPS) is 18.2. The van der Waals surface area contributed by atoms with Crippen molar-refractivity contribution >= 4 is 17.4 Å². The maximum absolute atomic E-state index is 13.7. The van der Waals surface area contributed by atoms with Crippen molar-refractivity contribution in [2.45, 2.75) is 53.0 Å². The summed E-state index contributed by atoms with van der Waals surface area (Å²) in [6.07, 6.45) is 0. The van der Waals surface area contributed by atoms with E-state index in [0.29, 0.717) is 24.2 Å². The highest BCUT2D eigenvalue weighted by Gasteiger charge is 2.46. The summed E-state index contributed by atoms with van der Waals surface area (Å²) in [7, 11) is 0. The van der Waals surface area contributed by atoms with Crippen molar-refractivity contribution in [1.82, 2.24) is 9.80 Å². The molecule has 1 saturated heterocycles. The van der Waals surface area contributed by atoms with E-state index in [-0.39, 0.29) is 16.7 Å². The predicted molar refractivity (Wildman–Crippen MR) is 133 cm³/mol. The molecule has 34 heavy (non-hydrogen) atoms. The van der Waals surface area contributed by atoms with E-state index in [4.69, 9.17) is 0 Å². The number of carbonyl (C=O) groups excluding carboxylic acids is 2. The average Bonchev–Trinajstić information content (AvgIpc) is 3.04. The molecule has 182 valence electrons. The maximum atomic E-state index is 13.7. The van der Waals surface area contributed by atoms with Gasteiger partial charge in [0.25, 0.3) is 11.7 Å². The molecule has 0 saturated carbocycles. The van der Waals surface area contributed by atoms with Crippen LogP contribution in [0.3, 0.4) is 0 Å². The van der Waals surface area contributed by atoms with Crippen LogP contribution in [0, 0.1) is 12.7 Å². The highest BCUT2D eigenvalue weighted by atomic mass is 19.1. The molecule has 0 aliphatic carbocycles. The van der Waals surface area contributed by atoms with Gasteiger partial charge in [-0.05, 0) is 60.3 Å². The van der Waals surface area contributed by atoms with E-state index in [1.807, 2.05) is 39.0 Å². The van der Waals surface area contributed by atoms with Gasteiger partial charge in [-0.2, -0.15) is 0 Å². The minimum Gasteiger partial charge on any atom is -0.507 e. The van der Waals surface area contributed by atoms with Crippen molar-refractivity contribution in [1.29, 1.82) is 0 Å². The van der Waals surface area contributed by atoms with Gasteiger partial charge in [0.15, 0.2) is 0 Å². The number of aryl methyl sites for hydroxylation is 1. The van der Waals surface area contributed by atoms with Gasteiger partial charge in [-0.3, -0.25) is 9.59 Å². The molecule has 1 atom stereocenters. The van der Waals surface area contributed by atoms with Crippen LogP contribution < -0.4 is 0 Å². The summed E-state index contributed by atoms with van der Waals surface area (Å²) in [5.74, 6) is -1.96. The number of amides is 1. The zero-order valence-electron chi connectivity index (χ0n) is 21.0. The molecule has 1 fully saturated rings. The first-order valence-corrected chi connectivity index (χ1v) is 11.9. The Morgan fingerprint density at radius 2 is 1.68 bits per heavy atom. The van der Waals surface area contributed by atoms with Crippen LogP contribution in [0.2, 0.25) is 0 Å². The lowest BCUT2D eigenvalue weighted by Gasteiger charge is -2.28. The fraction of sp³-hybridized carbons (Fsp3) is 0.429. The molecule has 0 bridgehead atoms. The molecule has 0 aromatic heterocycles. The first-order valence-electron chi connectivity index (χ1n) is 11.9. The number of aliphatic hydroxyl groups is 1. The molecule has 5 nitrogen and oxygen atoms in total. The number of ketones is 1. The highest BCUT2D eigenvalue weighted by molar-refractivity contribution is 6.46. The van der Waals surface area contributed by atoms with E-state index in [1.54, 1.807) is 12.1 Å².